The van der Waals surface area contributed by atoms with E-state index in [-0.39, 0.29) is 48.9 Å². The molecule has 3 fully saturated rings. The van der Waals surface area contributed by atoms with E-state index in [0.29, 0.717) is 39.0 Å². The molecule has 2 saturated heterocycles. The summed E-state index contributed by atoms with van der Waals surface area (Å²) in [5.74, 6) is -1.16. The van der Waals surface area contributed by atoms with Crippen LogP contribution in [0.2, 0.25) is 0 Å². The van der Waals surface area contributed by atoms with Crippen LogP contribution < -0.4 is 5.32 Å². The van der Waals surface area contributed by atoms with Gasteiger partial charge in [-0.2, -0.15) is 0 Å². The van der Waals surface area contributed by atoms with Crippen LogP contribution in [-0.4, -0.2) is 82.5 Å². The Balaban J connectivity index is 1.57. The van der Waals surface area contributed by atoms with Crippen molar-refractivity contribution in [3.63, 3.8) is 0 Å². The fourth-order valence-electron chi connectivity index (χ4n) is 4.38. The largest absolute Gasteiger partial charge is 0.342 e. The van der Waals surface area contributed by atoms with Gasteiger partial charge in [-0.05, 0) is 12.8 Å². The smallest absolute Gasteiger partial charge is 0.248 e. The van der Waals surface area contributed by atoms with Crippen molar-refractivity contribution in [3.8, 4) is 0 Å². The number of carbonyl (C=O) groups excluding carboxylic acids is 5. The lowest BCUT2D eigenvalue weighted by Crippen LogP contribution is -2.63. The van der Waals surface area contributed by atoms with Crippen LogP contribution in [0.15, 0.2) is 0 Å². The van der Waals surface area contributed by atoms with Crippen LogP contribution in [-0.2, 0) is 24.0 Å². The zero-order valence-electron chi connectivity index (χ0n) is 16.4. The number of nitrogens with one attached hydrogen (secondary N) is 1. The Hall–Kier alpha value is -2.45. The van der Waals surface area contributed by atoms with Gasteiger partial charge in [0.05, 0.1) is 0 Å². The van der Waals surface area contributed by atoms with Gasteiger partial charge in [0.2, 0.25) is 29.5 Å². The molecule has 0 aromatic rings. The van der Waals surface area contributed by atoms with Gasteiger partial charge >= 0.3 is 0 Å². The molecule has 9 heteroatoms. The molecule has 154 valence electrons. The monoisotopic (exact) mass is 392 g/mol. The quantitative estimate of drug-likeness (QED) is 0.658. The minimum atomic E-state index is -0.829. The van der Waals surface area contributed by atoms with Crippen LogP contribution in [0.3, 0.4) is 0 Å². The zero-order chi connectivity index (χ0) is 20.3. The van der Waals surface area contributed by atoms with Gasteiger partial charge in [-0.25, -0.2) is 0 Å². The molecule has 1 aliphatic carbocycles. The number of carbonyl (C=O) groups is 5. The van der Waals surface area contributed by atoms with Gasteiger partial charge in [0, 0.05) is 45.9 Å². The lowest BCUT2D eigenvalue weighted by Gasteiger charge is -2.43. The highest BCUT2D eigenvalue weighted by Crippen LogP contribution is 2.30. The van der Waals surface area contributed by atoms with E-state index in [2.05, 4.69) is 5.32 Å². The van der Waals surface area contributed by atoms with Crippen molar-refractivity contribution >= 4 is 29.5 Å². The van der Waals surface area contributed by atoms with Crippen LogP contribution >= 0.6 is 0 Å². The van der Waals surface area contributed by atoms with Crippen molar-refractivity contribution in [2.75, 3.05) is 32.7 Å². The van der Waals surface area contributed by atoms with Crippen molar-refractivity contribution in [1.82, 2.24) is 20.0 Å². The molecule has 28 heavy (non-hydrogen) atoms. The standard InChI is InChI=1S/C19H28N4O5/c1-14(24)20-19(7-3-2-4-8-19)18(28)22-11-9-21(10-12-22)17(27)13-23-15(25)5-6-16(23)26/h2-13H2,1H3,(H,20,24). The molecule has 9 nitrogen and oxygen atoms in total. The third kappa shape index (κ3) is 4.18. The minimum absolute atomic E-state index is 0.0700. The van der Waals surface area contributed by atoms with E-state index < -0.39 is 5.54 Å². The Morgan fingerprint density at radius 1 is 0.893 bits per heavy atom. The molecule has 3 aliphatic rings. The summed E-state index contributed by atoms with van der Waals surface area (Å²) in [6, 6.07) is 0. The van der Waals surface area contributed by atoms with E-state index in [1.54, 1.807) is 9.80 Å². The highest BCUT2D eigenvalue weighted by molar-refractivity contribution is 6.04. The topological polar surface area (TPSA) is 107 Å². The molecular formula is C19H28N4O5. The number of piperazine rings is 1. The molecular weight excluding hydrogens is 364 g/mol. The number of hydrogen-bond acceptors (Lipinski definition) is 5. The molecule has 0 radical (unpaired) electrons. The molecule has 0 atom stereocenters. The van der Waals surface area contributed by atoms with Crippen molar-refractivity contribution < 1.29 is 24.0 Å². The summed E-state index contributed by atoms with van der Waals surface area (Å²) in [5, 5.41) is 2.89. The summed E-state index contributed by atoms with van der Waals surface area (Å²) in [5.41, 5.74) is -0.829. The van der Waals surface area contributed by atoms with Gasteiger partial charge in [-0.15, -0.1) is 0 Å². The SMILES string of the molecule is CC(=O)NC1(C(=O)N2CCN(C(=O)CN3C(=O)CCC3=O)CC2)CCCCC1. The highest BCUT2D eigenvalue weighted by Gasteiger charge is 2.43. The maximum Gasteiger partial charge on any atom is 0.248 e. The number of amides is 5. The van der Waals surface area contributed by atoms with E-state index in [0.717, 1.165) is 24.2 Å². The fraction of sp³-hybridized carbons (Fsp3) is 0.737. The average Bonchev–Trinajstić information content (AvgIpc) is 2.99. The van der Waals surface area contributed by atoms with Gasteiger partial charge in [0.25, 0.3) is 0 Å². The Kier molecular flexibility index (Phi) is 6.00. The number of hydrogen-bond donors (Lipinski definition) is 1. The van der Waals surface area contributed by atoms with Crippen LogP contribution in [0.25, 0.3) is 0 Å². The Labute approximate surface area is 164 Å². The second-order valence-corrected chi connectivity index (χ2v) is 7.87. The van der Waals surface area contributed by atoms with E-state index in [1.165, 1.54) is 6.92 Å². The number of rotatable bonds is 4. The molecule has 0 aromatic carbocycles. The summed E-state index contributed by atoms with van der Waals surface area (Å²) in [6.45, 7) is 2.69. The van der Waals surface area contributed by atoms with Gasteiger partial charge in [-0.3, -0.25) is 28.9 Å². The first-order valence-electron chi connectivity index (χ1n) is 10.0. The van der Waals surface area contributed by atoms with Gasteiger partial charge in [-0.1, -0.05) is 19.3 Å². The molecule has 1 saturated carbocycles. The van der Waals surface area contributed by atoms with E-state index in [1.807, 2.05) is 0 Å². The summed E-state index contributed by atoms with van der Waals surface area (Å²) in [7, 11) is 0. The molecule has 0 aromatic heterocycles. The first-order chi connectivity index (χ1) is 13.3. The lowest BCUT2D eigenvalue weighted by atomic mass is 9.80. The average molecular weight is 392 g/mol. The van der Waals surface area contributed by atoms with Crippen LogP contribution in [0.1, 0.15) is 51.9 Å². The van der Waals surface area contributed by atoms with Crippen molar-refractivity contribution in [1.29, 1.82) is 0 Å². The second kappa shape index (κ2) is 8.28. The van der Waals surface area contributed by atoms with Crippen LogP contribution in [0, 0.1) is 0 Å². The number of likely N-dealkylation sites (tertiary alicyclic amines) is 1. The summed E-state index contributed by atoms with van der Waals surface area (Å²) < 4.78 is 0. The van der Waals surface area contributed by atoms with Crippen LogP contribution in [0.4, 0.5) is 0 Å². The molecule has 1 N–H and O–H groups in total. The summed E-state index contributed by atoms with van der Waals surface area (Å²) in [6.07, 6.45) is 4.49. The van der Waals surface area contributed by atoms with Gasteiger partial charge in [0.1, 0.15) is 12.1 Å². The lowest BCUT2D eigenvalue weighted by molar-refractivity contribution is -0.149. The Bertz CT molecular complexity index is 662. The number of imide groups is 1. The predicted octanol–water partition coefficient (Wildman–Crippen LogP) is -0.355. The Morgan fingerprint density at radius 3 is 1.96 bits per heavy atom. The molecule has 5 amide bonds. The van der Waals surface area contributed by atoms with Crippen molar-refractivity contribution in [3.05, 3.63) is 0 Å². The molecule has 0 unspecified atom stereocenters. The number of nitrogens with zero attached hydrogens (tertiary/aromatic N) is 3. The summed E-state index contributed by atoms with van der Waals surface area (Å²) in [4.78, 5) is 65.0. The van der Waals surface area contributed by atoms with Crippen LogP contribution in [0.5, 0.6) is 0 Å². The molecule has 0 bridgehead atoms. The minimum Gasteiger partial charge on any atom is -0.342 e. The molecule has 3 rings (SSSR count). The zero-order valence-corrected chi connectivity index (χ0v) is 16.4. The van der Waals surface area contributed by atoms with Gasteiger partial charge < -0.3 is 15.1 Å². The van der Waals surface area contributed by atoms with E-state index in [4.69, 9.17) is 0 Å². The maximum atomic E-state index is 13.2. The van der Waals surface area contributed by atoms with E-state index in [9.17, 15) is 24.0 Å². The third-order valence-electron chi connectivity index (χ3n) is 5.90. The molecule has 0 spiro atoms. The fourth-order valence-corrected chi connectivity index (χ4v) is 4.38. The van der Waals surface area contributed by atoms with Gasteiger partial charge in [0.15, 0.2) is 0 Å². The third-order valence-corrected chi connectivity index (χ3v) is 5.90. The second-order valence-electron chi connectivity index (χ2n) is 7.87. The normalized spacial score (nSPS) is 22.4. The first-order valence-corrected chi connectivity index (χ1v) is 10.0. The maximum absolute atomic E-state index is 13.2. The summed E-state index contributed by atoms with van der Waals surface area (Å²) >= 11 is 0. The Morgan fingerprint density at radius 2 is 1.43 bits per heavy atom. The predicted molar refractivity (Wildman–Crippen MR) is 98.7 cm³/mol. The molecule has 2 aliphatic heterocycles. The first kappa shape index (κ1) is 20.3. The molecule has 2 heterocycles. The van der Waals surface area contributed by atoms with E-state index >= 15 is 0 Å². The van der Waals surface area contributed by atoms with Crippen molar-refractivity contribution in [2.24, 2.45) is 0 Å². The van der Waals surface area contributed by atoms with Crippen molar-refractivity contribution in [2.45, 2.75) is 57.4 Å². The highest BCUT2D eigenvalue weighted by atomic mass is 16.2.